The molecule has 0 aromatic heterocycles. The lowest BCUT2D eigenvalue weighted by Crippen LogP contribution is -2.46. The molecule has 1 aromatic rings. The van der Waals surface area contributed by atoms with E-state index in [0.29, 0.717) is 30.1 Å². The molecule has 0 aliphatic carbocycles. The van der Waals surface area contributed by atoms with E-state index in [1.807, 2.05) is 0 Å². The van der Waals surface area contributed by atoms with Crippen molar-refractivity contribution in [1.29, 1.82) is 0 Å². The average Bonchev–Trinajstić information content (AvgIpc) is 2.47. The summed E-state index contributed by atoms with van der Waals surface area (Å²) >= 11 is 11.6. The van der Waals surface area contributed by atoms with Gasteiger partial charge in [0.2, 0.25) is 5.91 Å². The number of likely N-dealkylation sites (tertiary alicyclic amines) is 1. The minimum atomic E-state index is -0.478. The fourth-order valence-electron chi connectivity index (χ4n) is 2.19. The van der Waals surface area contributed by atoms with E-state index in [4.69, 9.17) is 23.2 Å². The van der Waals surface area contributed by atoms with Crippen LogP contribution in [0.1, 0.15) is 23.2 Å². The van der Waals surface area contributed by atoms with E-state index in [9.17, 15) is 14.7 Å². The molecule has 1 saturated heterocycles. The van der Waals surface area contributed by atoms with Crippen LogP contribution in [0.5, 0.6) is 0 Å². The van der Waals surface area contributed by atoms with Crippen LogP contribution >= 0.6 is 23.2 Å². The Bertz CT molecular complexity index is 551. The molecule has 0 saturated carbocycles. The second kappa shape index (κ2) is 7.11. The zero-order valence-corrected chi connectivity index (χ0v) is 12.8. The van der Waals surface area contributed by atoms with Crippen molar-refractivity contribution < 1.29 is 14.7 Å². The van der Waals surface area contributed by atoms with Crippen LogP contribution in [0.25, 0.3) is 0 Å². The smallest absolute Gasteiger partial charge is 0.251 e. The number of carbonyl (C=O) groups is 2. The highest BCUT2D eigenvalue weighted by atomic mass is 35.5. The standard InChI is InChI=1S/C14H16Cl2N2O3/c15-11-4-3-9(6-12(11)16)14(21)17-7-13(20)18-5-1-2-10(19)8-18/h3-4,6,10,19H,1-2,5,7-8H2,(H,17,21). The summed E-state index contributed by atoms with van der Waals surface area (Å²) in [4.78, 5) is 25.4. The Balaban J connectivity index is 1.88. The van der Waals surface area contributed by atoms with Gasteiger partial charge in [0, 0.05) is 18.7 Å². The first-order valence-electron chi connectivity index (χ1n) is 6.66. The third-order valence-corrected chi connectivity index (χ3v) is 4.07. The molecule has 0 bridgehead atoms. The van der Waals surface area contributed by atoms with Crippen LogP contribution in [0.3, 0.4) is 0 Å². The van der Waals surface area contributed by atoms with Crippen LogP contribution in [0.4, 0.5) is 0 Å². The lowest BCUT2D eigenvalue weighted by molar-refractivity contribution is -0.133. The van der Waals surface area contributed by atoms with Gasteiger partial charge in [0.25, 0.3) is 5.91 Å². The van der Waals surface area contributed by atoms with Gasteiger partial charge in [-0.05, 0) is 31.0 Å². The van der Waals surface area contributed by atoms with Crippen LogP contribution in [0.15, 0.2) is 18.2 Å². The molecule has 7 heteroatoms. The third kappa shape index (κ3) is 4.33. The van der Waals surface area contributed by atoms with Gasteiger partial charge in [-0.25, -0.2) is 0 Å². The SMILES string of the molecule is O=C(NCC(=O)N1CCCC(O)C1)c1ccc(Cl)c(Cl)c1. The number of benzene rings is 1. The minimum absolute atomic E-state index is 0.105. The van der Waals surface area contributed by atoms with Crippen molar-refractivity contribution in [3.8, 4) is 0 Å². The lowest BCUT2D eigenvalue weighted by Gasteiger charge is -2.30. The largest absolute Gasteiger partial charge is 0.391 e. The van der Waals surface area contributed by atoms with Crippen molar-refractivity contribution in [2.45, 2.75) is 18.9 Å². The Morgan fingerprint density at radius 1 is 1.33 bits per heavy atom. The fraction of sp³-hybridized carbons (Fsp3) is 0.429. The number of rotatable bonds is 3. The molecule has 1 fully saturated rings. The molecular formula is C14H16Cl2N2O3. The van der Waals surface area contributed by atoms with Gasteiger partial charge < -0.3 is 15.3 Å². The first-order chi connectivity index (χ1) is 9.97. The Morgan fingerprint density at radius 2 is 2.10 bits per heavy atom. The molecular weight excluding hydrogens is 315 g/mol. The van der Waals surface area contributed by atoms with Crippen LogP contribution in [0.2, 0.25) is 10.0 Å². The van der Waals surface area contributed by atoms with Gasteiger partial charge in [0.15, 0.2) is 0 Å². The summed E-state index contributed by atoms with van der Waals surface area (Å²) in [5, 5.41) is 12.7. The van der Waals surface area contributed by atoms with E-state index in [0.717, 1.165) is 6.42 Å². The molecule has 1 atom stereocenters. The number of piperidine rings is 1. The number of hydrogen-bond acceptors (Lipinski definition) is 3. The van der Waals surface area contributed by atoms with E-state index in [2.05, 4.69) is 5.32 Å². The average molecular weight is 331 g/mol. The second-order valence-electron chi connectivity index (χ2n) is 4.95. The number of hydrogen-bond donors (Lipinski definition) is 2. The van der Waals surface area contributed by atoms with Gasteiger partial charge in [-0.1, -0.05) is 23.2 Å². The zero-order chi connectivity index (χ0) is 15.4. The van der Waals surface area contributed by atoms with Gasteiger partial charge in [0.1, 0.15) is 0 Å². The van der Waals surface area contributed by atoms with Crippen molar-refractivity contribution >= 4 is 35.0 Å². The van der Waals surface area contributed by atoms with Crippen molar-refractivity contribution in [3.05, 3.63) is 33.8 Å². The second-order valence-corrected chi connectivity index (χ2v) is 5.76. The molecule has 1 heterocycles. The predicted octanol–water partition coefficient (Wildman–Crippen LogP) is 1.71. The maximum absolute atomic E-state index is 12.0. The first-order valence-corrected chi connectivity index (χ1v) is 7.42. The fourth-order valence-corrected chi connectivity index (χ4v) is 2.49. The van der Waals surface area contributed by atoms with E-state index >= 15 is 0 Å². The number of β-amino-alcohol motifs (C(OH)–C–C–N with tert-alkyl or cyclic N) is 1. The normalized spacial score (nSPS) is 18.4. The van der Waals surface area contributed by atoms with Crippen molar-refractivity contribution in [1.82, 2.24) is 10.2 Å². The number of aliphatic hydroxyl groups is 1. The summed E-state index contributed by atoms with van der Waals surface area (Å²) in [7, 11) is 0. The van der Waals surface area contributed by atoms with E-state index in [1.165, 1.54) is 12.1 Å². The van der Waals surface area contributed by atoms with Crippen LogP contribution in [-0.2, 0) is 4.79 Å². The quantitative estimate of drug-likeness (QED) is 0.886. The van der Waals surface area contributed by atoms with Gasteiger partial charge >= 0.3 is 0 Å². The highest BCUT2D eigenvalue weighted by Gasteiger charge is 2.22. The maximum Gasteiger partial charge on any atom is 0.251 e. The molecule has 1 aliphatic rings. The van der Waals surface area contributed by atoms with Crippen molar-refractivity contribution in [2.75, 3.05) is 19.6 Å². The molecule has 114 valence electrons. The molecule has 21 heavy (non-hydrogen) atoms. The number of amides is 2. The Labute approximate surface area is 132 Å². The summed E-state index contributed by atoms with van der Waals surface area (Å²) in [6.45, 7) is 0.825. The number of halogens is 2. The van der Waals surface area contributed by atoms with Gasteiger partial charge in [-0.15, -0.1) is 0 Å². The molecule has 5 nitrogen and oxygen atoms in total. The summed E-state index contributed by atoms with van der Waals surface area (Å²) in [5.74, 6) is -0.596. The number of nitrogens with zero attached hydrogens (tertiary/aromatic N) is 1. The van der Waals surface area contributed by atoms with Crippen LogP contribution < -0.4 is 5.32 Å². The molecule has 1 unspecified atom stereocenters. The Kier molecular flexibility index (Phi) is 5.45. The predicted molar refractivity (Wildman–Crippen MR) is 80.6 cm³/mol. The molecule has 2 amide bonds. The van der Waals surface area contributed by atoms with E-state index in [1.54, 1.807) is 11.0 Å². The summed E-state index contributed by atoms with van der Waals surface area (Å²) in [5.41, 5.74) is 0.343. The topological polar surface area (TPSA) is 69.6 Å². The Morgan fingerprint density at radius 3 is 2.76 bits per heavy atom. The van der Waals surface area contributed by atoms with Gasteiger partial charge in [-0.2, -0.15) is 0 Å². The molecule has 2 rings (SSSR count). The van der Waals surface area contributed by atoms with Crippen LogP contribution in [0, 0.1) is 0 Å². The number of nitrogens with one attached hydrogen (secondary N) is 1. The van der Waals surface area contributed by atoms with Crippen LogP contribution in [-0.4, -0.2) is 47.6 Å². The van der Waals surface area contributed by atoms with E-state index in [-0.39, 0.29) is 23.4 Å². The number of aliphatic hydroxyl groups excluding tert-OH is 1. The minimum Gasteiger partial charge on any atom is -0.391 e. The number of carbonyl (C=O) groups excluding carboxylic acids is 2. The van der Waals surface area contributed by atoms with Crippen molar-refractivity contribution in [2.24, 2.45) is 0 Å². The summed E-state index contributed by atoms with van der Waals surface area (Å²) in [6, 6.07) is 4.52. The highest BCUT2D eigenvalue weighted by molar-refractivity contribution is 6.42. The third-order valence-electron chi connectivity index (χ3n) is 3.33. The van der Waals surface area contributed by atoms with E-state index < -0.39 is 6.10 Å². The molecule has 1 aromatic carbocycles. The highest BCUT2D eigenvalue weighted by Crippen LogP contribution is 2.22. The monoisotopic (exact) mass is 330 g/mol. The zero-order valence-electron chi connectivity index (χ0n) is 11.3. The molecule has 2 N–H and O–H groups in total. The molecule has 0 radical (unpaired) electrons. The van der Waals surface area contributed by atoms with Crippen molar-refractivity contribution in [3.63, 3.8) is 0 Å². The molecule has 0 spiro atoms. The summed E-state index contributed by atoms with van der Waals surface area (Å²) in [6.07, 6.45) is 1.00. The first kappa shape index (κ1) is 16.1. The Hall–Kier alpha value is -1.30. The molecule has 1 aliphatic heterocycles. The lowest BCUT2D eigenvalue weighted by atomic mass is 10.1. The van der Waals surface area contributed by atoms with Gasteiger partial charge in [0.05, 0.1) is 22.7 Å². The summed E-state index contributed by atoms with van der Waals surface area (Å²) < 4.78 is 0. The maximum atomic E-state index is 12.0. The van der Waals surface area contributed by atoms with Gasteiger partial charge in [-0.3, -0.25) is 9.59 Å².